The van der Waals surface area contributed by atoms with Crippen molar-refractivity contribution in [2.45, 2.75) is 71.4 Å². The van der Waals surface area contributed by atoms with Gasteiger partial charge in [-0.2, -0.15) is 0 Å². The van der Waals surface area contributed by atoms with Gasteiger partial charge >= 0.3 is 0 Å². The summed E-state index contributed by atoms with van der Waals surface area (Å²) in [5.41, 5.74) is 5.98. The van der Waals surface area contributed by atoms with E-state index in [1.54, 1.807) is 0 Å². The highest BCUT2D eigenvalue weighted by atomic mass is 16.2. The number of carbonyl (C=O) groups is 1. The molecule has 2 aliphatic rings. The topological polar surface area (TPSA) is 55.1 Å². The van der Waals surface area contributed by atoms with Gasteiger partial charge < -0.3 is 11.1 Å². The molecule has 110 valence electrons. The molecule has 0 spiro atoms. The fourth-order valence-electron chi connectivity index (χ4n) is 4.00. The van der Waals surface area contributed by atoms with Gasteiger partial charge in [-0.15, -0.1) is 0 Å². The number of carbonyl (C=O) groups excluding carboxylic acids is 1. The second kappa shape index (κ2) is 6.25. The van der Waals surface area contributed by atoms with Gasteiger partial charge in [0.25, 0.3) is 0 Å². The van der Waals surface area contributed by atoms with Crippen LogP contribution in [0.2, 0.25) is 0 Å². The van der Waals surface area contributed by atoms with Crippen LogP contribution in [0.15, 0.2) is 0 Å². The van der Waals surface area contributed by atoms with E-state index >= 15 is 0 Å². The number of nitrogens with two attached hydrogens (primary N) is 1. The van der Waals surface area contributed by atoms with Gasteiger partial charge in [-0.05, 0) is 56.3 Å². The lowest BCUT2D eigenvalue weighted by molar-refractivity contribution is -0.129. The Labute approximate surface area is 117 Å². The van der Waals surface area contributed by atoms with Crippen molar-refractivity contribution in [3.8, 4) is 0 Å². The summed E-state index contributed by atoms with van der Waals surface area (Å²) in [6, 6.07) is 0.694. The van der Waals surface area contributed by atoms with E-state index in [2.05, 4.69) is 26.1 Å². The van der Waals surface area contributed by atoms with Crippen LogP contribution in [-0.4, -0.2) is 18.0 Å². The zero-order valence-electron chi connectivity index (χ0n) is 12.7. The summed E-state index contributed by atoms with van der Waals surface area (Å²) in [7, 11) is 0. The van der Waals surface area contributed by atoms with Crippen LogP contribution in [0.5, 0.6) is 0 Å². The third-order valence-corrected chi connectivity index (χ3v) is 5.31. The maximum Gasteiger partial charge on any atom is 0.223 e. The summed E-state index contributed by atoms with van der Waals surface area (Å²) in [4.78, 5) is 12.5. The van der Waals surface area contributed by atoms with Gasteiger partial charge in [-0.25, -0.2) is 0 Å². The third-order valence-electron chi connectivity index (χ3n) is 5.31. The Hall–Kier alpha value is -0.570. The lowest BCUT2D eigenvalue weighted by Crippen LogP contribution is -2.47. The molecule has 0 aromatic carbocycles. The highest BCUT2D eigenvalue weighted by molar-refractivity contribution is 5.79. The maximum atomic E-state index is 12.5. The van der Waals surface area contributed by atoms with E-state index in [9.17, 15) is 4.79 Å². The van der Waals surface area contributed by atoms with Crippen molar-refractivity contribution in [1.29, 1.82) is 0 Å². The number of nitrogens with one attached hydrogen (secondary N) is 1. The van der Waals surface area contributed by atoms with Gasteiger partial charge in [-0.3, -0.25) is 4.79 Å². The summed E-state index contributed by atoms with van der Waals surface area (Å²) < 4.78 is 0. The second-order valence-corrected chi connectivity index (χ2v) is 7.17. The molecular weight excluding hydrogens is 236 g/mol. The van der Waals surface area contributed by atoms with Crippen molar-refractivity contribution >= 4 is 5.91 Å². The van der Waals surface area contributed by atoms with Gasteiger partial charge in [0.05, 0.1) is 0 Å². The summed E-state index contributed by atoms with van der Waals surface area (Å²) >= 11 is 0. The molecule has 3 N–H and O–H groups in total. The monoisotopic (exact) mass is 266 g/mol. The lowest BCUT2D eigenvalue weighted by atomic mass is 9.76. The lowest BCUT2D eigenvalue weighted by Gasteiger charge is -2.36. The molecule has 0 aromatic heterocycles. The van der Waals surface area contributed by atoms with Gasteiger partial charge in [0, 0.05) is 18.0 Å². The standard InChI is InChI=1S/C16H30N2O/c1-10-4-7-15(12(3)8-10)18-16(19)14-6-5-13(17)9-11(14)2/h10-15H,4-9,17H2,1-3H3,(H,18,19). The minimum atomic E-state index is 0.186. The van der Waals surface area contributed by atoms with Crippen LogP contribution in [0.3, 0.4) is 0 Å². The van der Waals surface area contributed by atoms with Crippen molar-refractivity contribution in [2.24, 2.45) is 29.4 Å². The zero-order valence-corrected chi connectivity index (χ0v) is 12.7. The van der Waals surface area contributed by atoms with Gasteiger partial charge in [0.15, 0.2) is 0 Å². The largest absolute Gasteiger partial charge is 0.353 e. The molecular formula is C16H30N2O. The third kappa shape index (κ3) is 3.71. The molecule has 0 saturated heterocycles. The quantitative estimate of drug-likeness (QED) is 0.807. The number of amides is 1. The first-order chi connectivity index (χ1) is 8.97. The molecule has 19 heavy (non-hydrogen) atoms. The van der Waals surface area contributed by atoms with Crippen molar-refractivity contribution in [1.82, 2.24) is 5.32 Å². The first kappa shape index (κ1) is 14.8. The van der Waals surface area contributed by atoms with E-state index in [1.165, 1.54) is 12.8 Å². The summed E-state index contributed by atoms with van der Waals surface area (Å²) in [6.07, 6.45) is 6.60. The fraction of sp³-hybridized carbons (Fsp3) is 0.938. The molecule has 2 aliphatic carbocycles. The Morgan fingerprint density at radius 3 is 2.37 bits per heavy atom. The van der Waals surface area contributed by atoms with Crippen molar-refractivity contribution in [2.75, 3.05) is 0 Å². The highest BCUT2D eigenvalue weighted by Crippen LogP contribution is 2.32. The van der Waals surface area contributed by atoms with E-state index in [-0.39, 0.29) is 11.8 Å². The van der Waals surface area contributed by atoms with Crippen LogP contribution in [0.1, 0.15) is 59.3 Å². The molecule has 2 fully saturated rings. The van der Waals surface area contributed by atoms with Crippen LogP contribution >= 0.6 is 0 Å². The summed E-state index contributed by atoms with van der Waals surface area (Å²) in [6.45, 7) is 6.77. The highest BCUT2D eigenvalue weighted by Gasteiger charge is 2.33. The minimum absolute atomic E-state index is 0.186. The fourth-order valence-corrected chi connectivity index (χ4v) is 4.00. The average Bonchev–Trinajstić information content (AvgIpc) is 2.32. The number of hydrogen-bond donors (Lipinski definition) is 2. The maximum absolute atomic E-state index is 12.5. The van der Waals surface area contributed by atoms with E-state index in [1.807, 2.05) is 0 Å². The minimum Gasteiger partial charge on any atom is -0.353 e. The molecule has 0 aliphatic heterocycles. The molecule has 3 nitrogen and oxygen atoms in total. The summed E-state index contributed by atoms with van der Waals surface area (Å²) in [5, 5.41) is 3.32. The molecule has 3 heteroatoms. The molecule has 2 rings (SSSR count). The van der Waals surface area contributed by atoms with Crippen LogP contribution in [0, 0.1) is 23.7 Å². The van der Waals surface area contributed by atoms with Crippen molar-refractivity contribution in [3.05, 3.63) is 0 Å². The smallest absolute Gasteiger partial charge is 0.223 e. The van der Waals surface area contributed by atoms with Crippen LogP contribution in [-0.2, 0) is 4.79 Å². The molecule has 0 heterocycles. The summed E-state index contributed by atoms with van der Waals surface area (Å²) in [5.74, 6) is 2.34. The Kier molecular flexibility index (Phi) is 4.88. The van der Waals surface area contributed by atoms with Crippen LogP contribution < -0.4 is 11.1 Å². The van der Waals surface area contributed by atoms with E-state index < -0.39 is 0 Å². The Balaban J connectivity index is 1.87. The first-order valence-corrected chi connectivity index (χ1v) is 8.03. The van der Waals surface area contributed by atoms with E-state index in [0.717, 1.165) is 31.6 Å². The molecule has 0 radical (unpaired) electrons. The number of rotatable bonds is 2. The molecule has 6 atom stereocenters. The molecule has 6 unspecified atom stereocenters. The average molecular weight is 266 g/mol. The Morgan fingerprint density at radius 2 is 1.74 bits per heavy atom. The van der Waals surface area contributed by atoms with Gasteiger partial charge in [0.1, 0.15) is 0 Å². The van der Waals surface area contributed by atoms with Crippen LogP contribution in [0.25, 0.3) is 0 Å². The van der Waals surface area contributed by atoms with Gasteiger partial charge in [0.2, 0.25) is 5.91 Å². The Bertz CT molecular complexity index is 318. The SMILES string of the molecule is CC1CCC(NC(=O)C2CCC(N)CC2C)C(C)C1. The van der Waals surface area contributed by atoms with E-state index in [0.29, 0.717) is 23.9 Å². The normalized spacial score (nSPS) is 43.8. The zero-order chi connectivity index (χ0) is 14.0. The molecule has 0 aromatic rings. The first-order valence-electron chi connectivity index (χ1n) is 8.03. The molecule has 0 bridgehead atoms. The van der Waals surface area contributed by atoms with Gasteiger partial charge in [-0.1, -0.05) is 20.8 Å². The Morgan fingerprint density at radius 1 is 1.00 bits per heavy atom. The van der Waals surface area contributed by atoms with Crippen molar-refractivity contribution in [3.63, 3.8) is 0 Å². The molecule has 1 amide bonds. The second-order valence-electron chi connectivity index (χ2n) is 7.17. The van der Waals surface area contributed by atoms with E-state index in [4.69, 9.17) is 5.73 Å². The molecule has 2 saturated carbocycles. The van der Waals surface area contributed by atoms with Crippen LogP contribution in [0.4, 0.5) is 0 Å². The predicted molar refractivity (Wildman–Crippen MR) is 78.6 cm³/mol. The predicted octanol–water partition coefficient (Wildman–Crippen LogP) is 2.69. The van der Waals surface area contributed by atoms with Crippen molar-refractivity contribution < 1.29 is 4.79 Å². The number of hydrogen-bond acceptors (Lipinski definition) is 2.